The molecule has 2 N–H and O–H groups in total. The van der Waals surface area contributed by atoms with Crippen LogP contribution in [0.5, 0.6) is 0 Å². The molecular formula is C10H10F2N2O. The van der Waals surface area contributed by atoms with Crippen LogP contribution in [0.1, 0.15) is 18.1 Å². The zero-order valence-electron chi connectivity index (χ0n) is 8.10. The van der Waals surface area contributed by atoms with Crippen molar-refractivity contribution in [2.24, 2.45) is 0 Å². The normalized spacial score (nSPS) is 9.80. The number of nitrogens with one attached hydrogen (secondary N) is 2. The molecule has 0 saturated carbocycles. The summed E-state index contributed by atoms with van der Waals surface area (Å²) in [5.74, 6) is -1.10. The molecule has 0 saturated heterocycles. The molecule has 0 heterocycles. The quantitative estimate of drug-likeness (QED) is 0.742. The van der Waals surface area contributed by atoms with Gasteiger partial charge < -0.3 is 10.7 Å². The predicted molar refractivity (Wildman–Crippen MR) is 53.4 cm³/mol. The summed E-state index contributed by atoms with van der Waals surface area (Å²) in [5.41, 5.74) is 0.328. The van der Waals surface area contributed by atoms with Crippen LogP contribution in [0.4, 0.5) is 14.5 Å². The molecule has 0 atom stereocenters. The van der Waals surface area contributed by atoms with Crippen molar-refractivity contribution in [1.82, 2.24) is 0 Å². The van der Waals surface area contributed by atoms with E-state index < -0.39 is 12.5 Å². The Morgan fingerprint density at radius 1 is 1.60 bits per heavy atom. The number of carbonyl (C=O) groups is 1. The first-order valence-corrected chi connectivity index (χ1v) is 4.25. The van der Waals surface area contributed by atoms with Gasteiger partial charge in [0.1, 0.15) is 12.5 Å². The molecule has 3 nitrogen and oxygen atoms in total. The van der Waals surface area contributed by atoms with Crippen molar-refractivity contribution in [2.75, 3.05) is 5.32 Å². The van der Waals surface area contributed by atoms with Crippen LogP contribution in [0.15, 0.2) is 12.1 Å². The lowest BCUT2D eigenvalue weighted by molar-refractivity contribution is -0.114. The van der Waals surface area contributed by atoms with E-state index in [2.05, 4.69) is 5.32 Å². The maximum absolute atomic E-state index is 13.2. The second-order valence-corrected chi connectivity index (χ2v) is 2.99. The number of benzene rings is 1. The molecule has 0 fully saturated rings. The summed E-state index contributed by atoms with van der Waals surface area (Å²) in [6.45, 7) is 0.335. The highest BCUT2D eigenvalue weighted by Crippen LogP contribution is 2.20. The van der Waals surface area contributed by atoms with Crippen molar-refractivity contribution in [3.63, 3.8) is 0 Å². The lowest BCUT2D eigenvalue weighted by Gasteiger charge is -2.08. The van der Waals surface area contributed by atoms with Gasteiger partial charge in [0.05, 0.1) is 5.69 Å². The van der Waals surface area contributed by atoms with Crippen LogP contribution in [0.2, 0.25) is 0 Å². The molecule has 0 aliphatic rings. The molecule has 80 valence electrons. The van der Waals surface area contributed by atoms with E-state index in [0.29, 0.717) is 0 Å². The van der Waals surface area contributed by atoms with E-state index >= 15 is 0 Å². The van der Waals surface area contributed by atoms with Gasteiger partial charge in [-0.2, -0.15) is 0 Å². The average molecular weight is 212 g/mol. The minimum Gasteiger partial charge on any atom is -0.326 e. The Labute approximate surface area is 85.6 Å². The predicted octanol–water partition coefficient (Wildman–Crippen LogP) is 2.25. The topological polar surface area (TPSA) is 53.0 Å². The van der Waals surface area contributed by atoms with Crippen LogP contribution < -0.4 is 5.32 Å². The molecule has 1 aromatic rings. The van der Waals surface area contributed by atoms with Crippen molar-refractivity contribution in [3.8, 4) is 0 Å². The van der Waals surface area contributed by atoms with Crippen molar-refractivity contribution < 1.29 is 13.6 Å². The summed E-state index contributed by atoms with van der Waals surface area (Å²) in [6.07, 6.45) is 0.934. The Kier molecular flexibility index (Phi) is 3.49. The van der Waals surface area contributed by atoms with Gasteiger partial charge in [0.15, 0.2) is 0 Å². The van der Waals surface area contributed by atoms with E-state index in [0.717, 1.165) is 12.3 Å². The second-order valence-electron chi connectivity index (χ2n) is 2.99. The zero-order chi connectivity index (χ0) is 11.4. The van der Waals surface area contributed by atoms with Crippen molar-refractivity contribution in [1.29, 1.82) is 5.41 Å². The fourth-order valence-corrected chi connectivity index (χ4v) is 1.16. The smallest absolute Gasteiger partial charge is 0.221 e. The first-order valence-electron chi connectivity index (χ1n) is 4.25. The Morgan fingerprint density at radius 2 is 2.27 bits per heavy atom. The third kappa shape index (κ3) is 2.59. The third-order valence-corrected chi connectivity index (χ3v) is 1.83. The largest absolute Gasteiger partial charge is 0.326 e. The minimum absolute atomic E-state index is 0.123. The van der Waals surface area contributed by atoms with Gasteiger partial charge in [-0.1, -0.05) is 0 Å². The highest BCUT2D eigenvalue weighted by Gasteiger charge is 2.09. The highest BCUT2D eigenvalue weighted by atomic mass is 19.1. The molecule has 0 spiro atoms. The number of amides is 1. The first kappa shape index (κ1) is 11.3. The van der Waals surface area contributed by atoms with Gasteiger partial charge in [0, 0.05) is 24.3 Å². The summed E-state index contributed by atoms with van der Waals surface area (Å²) >= 11 is 0. The number of alkyl halides is 1. The molecule has 0 bridgehead atoms. The molecule has 0 aromatic heterocycles. The number of anilines is 1. The van der Waals surface area contributed by atoms with Crippen molar-refractivity contribution >= 4 is 17.8 Å². The minimum atomic E-state index is -0.937. The summed E-state index contributed by atoms with van der Waals surface area (Å²) in [4.78, 5) is 10.8. The van der Waals surface area contributed by atoms with Crippen LogP contribution in [0.25, 0.3) is 0 Å². The Morgan fingerprint density at radius 3 is 2.73 bits per heavy atom. The summed E-state index contributed by atoms with van der Waals surface area (Å²) in [7, 11) is 0. The molecule has 0 unspecified atom stereocenters. The number of hydrogen-bond donors (Lipinski definition) is 2. The lowest BCUT2D eigenvalue weighted by atomic mass is 10.1. The number of hydrogen-bond acceptors (Lipinski definition) is 2. The lowest BCUT2D eigenvalue weighted by Crippen LogP contribution is -2.09. The van der Waals surface area contributed by atoms with Crippen LogP contribution in [0.3, 0.4) is 0 Å². The molecule has 0 aliphatic heterocycles. The average Bonchev–Trinajstić information content (AvgIpc) is 2.17. The summed E-state index contributed by atoms with van der Waals surface area (Å²) < 4.78 is 25.4. The summed E-state index contributed by atoms with van der Waals surface area (Å²) in [6, 6.07) is 2.21. The van der Waals surface area contributed by atoms with Crippen molar-refractivity contribution in [3.05, 3.63) is 29.1 Å². The fraction of sp³-hybridized carbons (Fsp3) is 0.200. The van der Waals surface area contributed by atoms with E-state index in [-0.39, 0.29) is 22.7 Å². The second kappa shape index (κ2) is 4.63. The molecule has 5 heteroatoms. The van der Waals surface area contributed by atoms with Crippen LogP contribution in [-0.4, -0.2) is 12.1 Å². The van der Waals surface area contributed by atoms with Gasteiger partial charge in [0.2, 0.25) is 5.91 Å². The molecule has 1 amide bonds. The molecule has 0 radical (unpaired) electrons. The van der Waals surface area contributed by atoms with E-state index in [4.69, 9.17) is 5.41 Å². The van der Waals surface area contributed by atoms with Crippen LogP contribution >= 0.6 is 0 Å². The Balaban J connectivity index is 3.20. The Hall–Kier alpha value is -1.78. The van der Waals surface area contributed by atoms with Gasteiger partial charge in [0.25, 0.3) is 0 Å². The maximum Gasteiger partial charge on any atom is 0.221 e. The summed E-state index contributed by atoms with van der Waals surface area (Å²) in [5, 5.41) is 9.41. The van der Waals surface area contributed by atoms with E-state index in [1.807, 2.05) is 0 Å². The molecule has 15 heavy (non-hydrogen) atoms. The highest BCUT2D eigenvalue weighted by molar-refractivity contribution is 5.95. The van der Waals surface area contributed by atoms with Gasteiger partial charge in [-0.25, -0.2) is 8.78 Å². The molecule has 1 rings (SSSR count). The van der Waals surface area contributed by atoms with E-state index in [1.165, 1.54) is 13.0 Å². The van der Waals surface area contributed by atoms with E-state index in [1.54, 1.807) is 0 Å². The van der Waals surface area contributed by atoms with Gasteiger partial charge in [-0.05, 0) is 12.1 Å². The van der Waals surface area contributed by atoms with Gasteiger partial charge in [-0.3, -0.25) is 4.79 Å². The molecular weight excluding hydrogens is 202 g/mol. The maximum atomic E-state index is 13.2. The van der Waals surface area contributed by atoms with Crippen LogP contribution in [0, 0.1) is 11.2 Å². The van der Waals surface area contributed by atoms with Crippen molar-refractivity contribution in [2.45, 2.75) is 13.6 Å². The molecule has 0 aliphatic carbocycles. The number of carbonyl (C=O) groups excluding carboxylic acids is 1. The SMILES string of the molecule is CC(=O)Nc1cc(F)c(CF)cc1C=N. The number of rotatable bonds is 3. The first-order chi connectivity index (χ1) is 7.08. The van der Waals surface area contributed by atoms with Gasteiger partial charge in [-0.15, -0.1) is 0 Å². The molecule has 1 aromatic carbocycles. The fourth-order valence-electron chi connectivity index (χ4n) is 1.16. The van der Waals surface area contributed by atoms with Crippen LogP contribution in [-0.2, 0) is 11.5 Å². The zero-order valence-corrected chi connectivity index (χ0v) is 8.10. The third-order valence-electron chi connectivity index (χ3n) is 1.83. The number of halogens is 2. The van der Waals surface area contributed by atoms with E-state index in [9.17, 15) is 13.6 Å². The van der Waals surface area contributed by atoms with Gasteiger partial charge >= 0.3 is 0 Å². The Bertz CT molecular complexity index is 405. The monoisotopic (exact) mass is 212 g/mol. The standard InChI is InChI=1S/C10H10F2N2O/c1-6(15)14-10-3-9(12)7(4-11)2-8(10)5-13/h2-3,5,13H,4H2,1H3,(H,14,15).